The summed E-state index contributed by atoms with van der Waals surface area (Å²) < 4.78 is 13.5. The van der Waals surface area contributed by atoms with Gasteiger partial charge in [0, 0.05) is 16.3 Å². The van der Waals surface area contributed by atoms with E-state index in [2.05, 4.69) is 5.32 Å². The molecule has 1 N–H and O–H groups in total. The number of amides is 1. The van der Waals surface area contributed by atoms with Crippen LogP contribution in [0.5, 0.6) is 0 Å². The monoisotopic (exact) mass is 303 g/mol. The van der Waals surface area contributed by atoms with Crippen molar-refractivity contribution in [2.45, 2.75) is 38.5 Å². The van der Waals surface area contributed by atoms with Crippen molar-refractivity contribution in [1.82, 2.24) is 5.32 Å². The Morgan fingerprint density at radius 1 is 1.47 bits per heavy atom. The van der Waals surface area contributed by atoms with Crippen molar-refractivity contribution in [2.24, 2.45) is 0 Å². The topological polar surface area (TPSA) is 29.1 Å². The highest BCUT2D eigenvalue weighted by Gasteiger charge is 2.17. The fourth-order valence-corrected chi connectivity index (χ4v) is 2.37. The summed E-state index contributed by atoms with van der Waals surface area (Å²) in [4.78, 5) is 11.7. The Labute approximate surface area is 123 Å². The fourth-order valence-electron chi connectivity index (χ4n) is 1.39. The molecule has 0 heterocycles. The smallest absolute Gasteiger partial charge is 0.230 e. The molecule has 106 valence electrons. The minimum absolute atomic E-state index is 0.0220. The molecule has 5 heteroatoms. The van der Waals surface area contributed by atoms with Crippen molar-refractivity contribution in [2.75, 3.05) is 5.75 Å². The summed E-state index contributed by atoms with van der Waals surface area (Å²) in [6.07, 6.45) is 0.870. The molecule has 0 aliphatic carbocycles. The Bertz CT molecular complexity index is 451. The van der Waals surface area contributed by atoms with E-state index in [1.165, 1.54) is 17.8 Å². The highest BCUT2D eigenvalue weighted by Crippen LogP contribution is 2.19. The number of rotatable bonds is 6. The number of benzene rings is 1. The first-order valence-corrected chi connectivity index (χ1v) is 7.70. The summed E-state index contributed by atoms with van der Waals surface area (Å²) in [6.45, 7) is 5.99. The zero-order valence-corrected chi connectivity index (χ0v) is 13.0. The van der Waals surface area contributed by atoms with E-state index in [4.69, 9.17) is 11.6 Å². The normalized spacial score (nSPS) is 11.4. The molecule has 0 saturated carbocycles. The zero-order chi connectivity index (χ0) is 14.5. The van der Waals surface area contributed by atoms with Crippen LogP contribution in [0.2, 0.25) is 5.02 Å². The van der Waals surface area contributed by atoms with Crippen molar-refractivity contribution in [3.05, 3.63) is 34.6 Å². The Morgan fingerprint density at radius 3 is 2.74 bits per heavy atom. The lowest BCUT2D eigenvalue weighted by molar-refractivity contribution is -0.120. The zero-order valence-electron chi connectivity index (χ0n) is 11.4. The van der Waals surface area contributed by atoms with Gasteiger partial charge in [0.1, 0.15) is 5.82 Å². The highest BCUT2D eigenvalue weighted by molar-refractivity contribution is 7.99. The molecule has 0 radical (unpaired) electrons. The molecule has 0 saturated heterocycles. The van der Waals surface area contributed by atoms with Gasteiger partial charge in [-0.2, -0.15) is 0 Å². The predicted molar refractivity (Wildman–Crippen MR) is 80.1 cm³/mol. The average Bonchev–Trinajstić information content (AvgIpc) is 2.31. The molecule has 19 heavy (non-hydrogen) atoms. The van der Waals surface area contributed by atoms with Gasteiger partial charge in [0.15, 0.2) is 0 Å². The van der Waals surface area contributed by atoms with Gasteiger partial charge in [-0.1, -0.05) is 24.6 Å². The number of nitrogens with one attached hydrogen (secondary N) is 1. The first-order chi connectivity index (χ1) is 8.84. The van der Waals surface area contributed by atoms with Gasteiger partial charge in [0.05, 0.1) is 5.75 Å². The number of hydrogen-bond donors (Lipinski definition) is 1. The predicted octanol–water partition coefficient (Wildman–Crippen LogP) is 4.02. The fraction of sp³-hybridized carbons (Fsp3) is 0.500. The molecule has 0 atom stereocenters. The third-order valence-electron chi connectivity index (χ3n) is 2.87. The van der Waals surface area contributed by atoms with E-state index in [0.717, 1.165) is 6.42 Å². The summed E-state index contributed by atoms with van der Waals surface area (Å²) in [6, 6.07) is 4.59. The van der Waals surface area contributed by atoms with Crippen LogP contribution in [0.15, 0.2) is 18.2 Å². The SMILES string of the molecule is CCC(C)(C)NC(=O)CSCc1ccc(Cl)cc1F. The standard InChI is InChI=1S/C14H19ClFNOS/c1-4-14(2,3)17-13(18)9-19-8-10-5-6-11(15)7-12(10)16/h5-7H,4,8-9H2,1-3H3,(H,17,18). The van der Waals surface area contributed by atoms with E-state index >= 15 is 0 Å². The molecule has 1 rings (SSSR count). The van der Waals surface area contributed by atoms with Crippen LogP contribution < -0.4 is 5.32 Å². The lowest BCUT2D eigenvalue weighted by Crippen LogP contribution is -2.43. The minimum atomic E-state index is -0.325. The molecular formula is C14H19ClFNOS. The number of hydrogen-bond acceptors (Lipinski definition) is 2. The summed E-state index contributed by atoms with van der Waals surface area (Å²) in [5.41, 5.74) is 0.375. The van der Waals surface area contributed by atoms with E-state index in [9.17, 15) is 9.18 Å². The molecule has 0 unspecified atom stereocenters. The second-order valence-corrected chi connectivity index (χ2v) is 6.44. The van der Waals surface area contributed by atoms with Crippen LogP contribution in [0.4, 0.5) is 4.39 Å². The molecule has 0 aliphatic heterocycles. The van der Waals surface area contributed by atoms with E-state index < -0.39 is 0 Å². The van der Waals surface area contributed by atoms with Gasteiger partial charge in [-0.05, 0) is 38.0 Å². The van der Waals surface area contributed by atoms with Crippen molar-refractivity contribution >= 4 is 29.3 Å². The summed E-state index contributed by atoms with van der Waals surface area (Å²) in [7, 11) is 0. The maximum absolute atomic E-state index is 13.5. The maximum Gasteiger partial charge on any atom is 0.230 e. The number of halogens is 2. The van der Waals surface area contributed by atoms with Gasteiger partial charge >= 0.3 is 0 Å². The van der Waals surface area contributed by atoms with E-state index in [1.54, 1.807) is 12.1 Å². The number of thioether (sulfide) groups is 1. The van der Waals surface area contributed by atoms with Crippen molar-refractivity contribution in [3.8, 4) is 0 Å². The molecule has 1 aromatic rings. The lowest BCUT2D eigenvalue weighted by Gasteiger charge is -2.24. The second kappa shape index (κ2) is 7.15. The van der Waals surface area contributed by atoms with Gasteiger partial charge in [0.2, 0.25) is 5.91 Å². The van der Waals surface area contributed by atoms with Crippen LogP contribution in [0.1, 0.15) is 32.8 Å². The molecule has 0 bridgehead atoms. The third kappa shape index (κ3) is 5.83. The summed E-state index contributed by atoms with van der Waals surface area (Å²) in [5, 5.41) is 3.32. The third-order valence-corrected chi connectivity index (χ3v) is 4.08. The van der Waals surface area contributed by atoms with E-state index in [1.807, 2.05) is 20.8 Å². The maximum atomic E-state index is 13.5. The van der Waals surface area contributed by atoms with Crippen molar-refractivity contribution in [1.29, 1.82) is 0 Å². The van der Waals surface area contributed by atoms with Crippen LogP contribution in [0.25, 0.3) is 0 Å². The van der Waals surface area contributed by atoms with Crippen LogP contribution in [-0.2, 0) is 10.5 Å². The van der Waals surface area contributed by atoms with Gasteiger partial charge in [0.25, 0.3) is 0 Å². The summed E-state index contributed by atoms with van der Waals surface area (Å²) >= 11 is 7.07. The molecule has 1 amide bonds. The number of carbonyl (C=O) groups excluding carboxylic acids is 1. The van der Waals surface area contributed by atoms with Gasteiger partial charge in [-0.15, -0.1) is 11.8 Å². The van der Waals surface area contributed by atoms with Crippen LogP contribution >= 0.6 is 23.4 Å². The molecule has 1 aromatic carbocycles. The lowest BCUT2D eigenvalue weighted by atomic mass is 10.0. The Kier molecular flexibility index (Phi) is 6.14. The first kappa shape index (κ1) is 16.3. The van der Waals surface area contributed by atoms with Crippen molar-refractivity contribution in [3.63, 3.8) is 0 Å². The minimum Gasteiger partial charge on any atom is -0.351 e. The van der Waals surface area contributed by atoms with Crippen molar-refractivity contribution < 1.29 is 9.18 Å². The molecule has 0 aromatic heterocycles. The number of carbonyl (C=O) groups is 1. The van der Waals surface area contributed by atoms with Crippen LogP contribution in [0.3, 0.4) is 0 Å². The molecular weight excluding hydrogens is 285 g/mol. The Hall–Kier alpha value is -0.740. The first-order valence-electron chi connectivity index (χ1n) is 6.17. The van der Waals surface area contributed by atoms with Gasteiger partial charge < -0.3 is 5.32 Å². The van der Waals surface area contributed by atoms with E-state index in [0.29, 0.717) is 22.1 Å². The largest absolute Gasteiger partial charge is 0.351 e. The quantitative estimate of drug-likeness (QED) is 0.860. The molecule has 0 spiro atoms. The highest BCUT2D eigenvalue weighted by atomic mass is 35.5. The van der Waals surface area contributed by atoms with Gasteiger partial charge in [-0.3, -0.25) is 4.79 Å². The molecule has 2 nitrogen and oxygen atoms in total. The van der Waals surface area contributed by atoms with E-state index in [-0.39, 0.29) is 17.3 Å². The summed E-state index contributed by atoms with van der Waals surface area (Å²) in [5.74, 6) is 0.439. The second-order valence-electron chi connectivity index (χ2n) is 5.01. The van der Waals surface area contributed by atoms with Crippen LogP contribution in [0, 0.1) is 5.82 Å². The van der Waals surface area contributed by atoms with Gasteiger partial charge in [-0.25, -0.2) is 4.39 Å². The Morgan fingerprint density at radius 2 is 2.16 bits per heavy atom. The average molecular weight is 304 g/mol. The van der Waals surface area contributed by atoms with Crippen LogP contribution in [-0.4, -0.2) is 17.2 Å². The Balaban J connectivity index is 2.40. The molecule has 0 fully saturated rings. The molecule has 0 aliphatic rings.